The van der Waals surface area contributed by atoms with Crippen LogP contribution in [0.2, 0.25) is 5.02 Å². The van der Waals surface area contributed by atoms with Gasteiger partial charge in [0.1, 0.15) is 11.6 Å². The van der Waals surface area contributed by atoms with E-state index in [4.69, 9.17) is 16.3 Å². The first-order valence-corrected chi connectivity index (χ1v) is 8.33. The Labute approximate surface area is 148 Å². The maximum Gasteiger partial charge on any atom is 0.235 e. The summed E-state index contributed by atoms with van der Waals surface area (Å²) >= 11 is 6.03. The van der Waals surface area contributed by atoms with Gasteiger partial charge >= 0.3 is 0 Å². The zero-order valence-electron chi connectivity index (χ0n) is 13.5. The Morgan fingerprint density at radius 2 is 2.08 bits per heavy atom. The van der Waals surface area contributed by atoms with Gasteiger partial charge in [0, 0.05) is 22.1 Å². The summed E-state index contributed by atoms with van der Waals surface area (Å²) in [5.74, 6) is 0.131. The minimum atomic E-state index is -0.608. The van der Waals surface area contributed by atoms with Crippen LogP contribution >= 0.6 is 11.6 Å². The highest BCUT2D eigenvalue weighted by Gasteiger charge is 2.52. The van der Waals surface area contributed by atoms with Gasteiger partial charge in [-0.3, -0.25) is 4.79 Å². The summed E-state index contributed by atoms with van der Waals surface area (Å²) in [5, 5.41) is 4.32. The summed E-state index contributed by atoms with van der Waals surface area (Å²) in [6.07, 6.45) is 3.28. The molecule has 1 saturated carbocycles. The maximum atomic E-state index is 13.4. The number of amides is 1. The number of hydrogen-bond acceptors (Lipinski definition) is 2. The summed E-state index contributed by atoms with van der Waals surface area (Å²) in [4.78, 5) is 16.0. The molecule has 0 saturated heterocycles. The van der Waals surface area contributed by atoms with Gasteiger partial charge in [-0.2, -0.15) is 0 Å². The van der Waals surface area contributed by atoms with Crippen LogP contribution in [-0.4, -0.2) is 18.0 Å². The van der Waals surface area contributed by atoms with Crippen LogP contribution in [0.1, 0.15) is 18.4 Å². The molecular formula is C19H16ClFN2O2. The number of carbonyl (C=O) groups is 1. The number of aromatic nitrogens is 1. The number of methoxy groups -OCH3 is 1. The molecular weight excluding hydrogens is 343 g/mol. The third kappa shape index (κ3) is 2.65. The van der Waals surface area contributed by atoms with E-state index in [2.05, 4.69) is 10.3 Å². The molecule has 0 unspecified atom stereocenters. The van der Waals surface area contributed by atoms with Gasteiger partial charge in [-0.15, -0.1) is 0 Å². The summed E-state index contributed by atoms with van der Waals surface area (Å²) in [6.45, 7) is 0. The van der Waals surface area contributed by atoms with Crippen LogP contribution in [0.4, 0.5) is 10.1 Å². The van der Waals surface area contributed by atoms with Crippen molar-refractivity contribution in [3.63, 3.8) is 0 Å². The molecule has 4 nitrogen and oxygen atoms in total. The number of carbonyl (C=O) groups excluding carboxylic acids is 1. The number of H-pyrrole nitrogens is 1. The fraction of sp³-hybridized carbons (Fsp3) is 0.211. The fourth-order valence-electron chi connectivity index (χ4n) is 3.26. The molecule has 1 aliphatic carbocycles. The number of rotatable bonds is 4. The molecule has 2 aromatic carbocycles. The summed E-state index contributed by atoms with van der Waals surface area (Å²) < 4.78 is 18.7. The van der Waals surface area contributed by atoms with Crippen LogP contribution in [0.5, 0.6) is 5.75 Å². The zero-order valence-corrected chi connectivity index (χ0v) is 14.3. The number of benzene rings is 2. The van der Waals surface area contributed by atoms with Gasteiger partial charge in [0.05, 0.1) is 18.2 Å². The lowest BCUT2D eigenvalue weighted by atomic mass is 9.94. The molecule has 128 valence electrons. The van der Waals surface area contributed by atoms with E-state index in [9.17, 15) is 9.18 Å². The summed E-state index contributed by atoms with van der Waals surface area (Å²) in [5.41, 5.74) is 1.51. The highest BCUT2D eigenvalue weighted by atomic mass is 35.5. The normalized spacial score (nSPS) is 15.2. The van der Waals surface area contributed by atoms with Crippen molar-refractivity contribution in [3.8, 4) is 5.75 Å². The van der Waals surface area contributed by atoms with Crippen molar-refractivity contribution in [2.75, 3.05) is 12.4 Å². The Bertz CT molecular complexity index is 979. The number of nitrogens with one attached hydrogen (secondary N) is 2. The van der Waals surface area contributed by atoms with Crippen molar-refractivity contribution in [2.24, 2.45) is 0 Å². The zero-order chi connectivity index (χ0) is 17.6. The average Bonchev–Trinajstić information content (AvgIpc) is 3.29. The summed E-state index contributed by atoms with van der Waals surface area (Å²) in [7, 11) is 1.54. The van der Waals surface area contributed by atoms with Crippen LogP contribution in [0.3, 0.4) is 0 Å². The molecule has 1 amide bonds. The summed E-state index contributed by atoms with van der Waals surface area (Å²) in [6, 6.07) is 9.65. The molecule has 1 aromatic heterocycles. The van der Waals surface area contributed by atoms with Gasteiger partial charge < -0.3 is 15.0 Å². The quantitative estimate of drug-likeness (QED) is 0.713. The Kier molecular flexibility index (Phi) is 3.69. The fourth-order valence-corrected chi connectivity index (χ4v) is 3.43. The molecule has 0 bridgehead atoms. The van der Waals surface area contributed by atoms with Gasteiger partial charge in [0.15, 0.2) is 0 Å². The van der Waals surface area contributed by atoms with E-state index in [1.165, 1.54) is 12.1 Å². The second kappa shape index (κ2) is 5.77. The van der Waals surface area contributed by atoms with E-state index in [-0.39, 0.29) is 11.7 Å². The van der Waals surface area contributed by atoms with E-state index < -0.39 is 5.41 Å². The minimum absolute atomic E-state index is 0.113. The molecule has 0 aliphatic heterocycles. The molecule has 4 rings (SSSR count). The number of halogens is 2. The first-order chi connectivity index (χ1) is 12.0. The SMILES string of the molecule is COc1ccc(Cl)cc1NC(=O)C1(c2c[nH]c3cc(F)ccc23)CC1. The van der Waals surface area contributed by atoms with Gasteiger partial charge in [0.2, 0.25) is 5.91 Å². The van der Waals surface area contributed by atoms with Crippen molar-refractivity contribution < 1.29 is 13.9 Å². The Morgan fingerprint density at radius 1 is 1.28 bits per heavy atom. The highest BCUT2D eigenvalue weighted by Crippen LogP contribution is 2.51. The highest BCUT2D eigenvalue weighted by molar-refractivity contribution is 6.31. The van der Waals surface area contributed by atoms with Gasteiger partial charge in [-0.1, -0.05) is 11.6 Å². The topological polar surface area (TPSA) is 54.1 Å². The largest absolute Gasteiger partial charge is 0.495 e. The molecule has 0 atom stereocenters. The van der Waals surface area contributed by atoms with E-state index >= 15 is 0 Å². The van der Waals surface area contributed by atoms with Crippen molar-refractivity contribution in [1.29, 1.82) is 0 Å². The van der Waals surface area contributed by atoms with Crippen molar-refractivity contribution >= 4 is 34.1 Å². The van der Waals surface area contributed by atoms with Crippen molar-refractivity contribution in [1.82, 2.24) is 4.98 Å². The smallest absolute Gasteiger partial charge is 0.235 e. The Morgan fingerprint density at radius 3 is 2.80 bits per heavy atom. The van der Waals surface area contributed by atoms with E-state index in [1.807, 2.05) is 0 Å². The number of aromatic amines is 1. The van der Waals surface area contributed by atoms with Crippen molar-refractivity contribution in [2.45, 2.75) is 18.3 Å². The molecule has 3 aromatic rings. The van der Waals surface area contributed by atoms with Crippen LogP contribution in [0, 0.1) is 5.82 Å². The molecule has 6 heteroatoms. The molecule has 0 spiro atoms. The molecule has 2 N–H and O–H groups in total. The van der Waals surface area contributed by atoms with E-state index in [1.54, 1.807) is 37.6 Å². The van der Waals surface area contributed by atoms with Crippen LogP contribution in [0.15, 0.2) is 42.6 Å². The minimum Gasteiger partial charge on any atom is -0.495 e. The van der Waals surface area contributed by atoms with Crippen LogP contribution in [0.25, 0.3) is 10.9 Å². The Balaban J connectivity index is 1.69. The standard InChI is InChI=1S/C19H16ClFN2O2/c1-25-17-5-2-11(20)8-16(17)23-18(24)19(6-7-19)14-10-22-15-9-12(21)3-4-13(14)15/h2-5,8-10,22H,6-7H2,1H3,(H,23,24). The second-order valence-corrected chi connectivity index (χ2v) is 6.71. The number of hydrogen-bond donors (Lipinski definition) is 2. The lowest BCUT2D eigenvalue weighted by Gasteiger charge is -2.17. The number of fused-ring (bicyclic) bond motifs is 1. The molecule has 1 fully saturated rings. The number of anilines is 1. The first kappa shape index (κ1) is 16.0. The molecule has 1 heterocycles. The molecule has 1 aliphatic rings. The Hall–Kier alpha value is -2.53. The van der Waals surface area contributed by atoms with E-state index in [0.717, 1.165) is 23.8 Å². The molecule has 25 heavy (non-hydrogen) atoms. The predicted molar refractivity (Wildman–Crippen MR) is 95.8 cm³/mol. The van der Waals surface area contributed by atoms with Crippen LogP contribution < -0.4 is 10.1 Å². The monoisotopic (exact) mass is 358 g/mol. The molecule has 0 radical (unpaired) electrons. The first-order valence-electron chi connectivity index (χ1n) is 7.95. The maximum absolute atomic E-state index is 13.4. The lowest BCUT2D eigenvalue weighted by molar-refractivity contribution is -0.118. The second-order valence-electron chi connectivity index (χ2n) is 6.27. The lowest BCUT2D eigenvalue weighted by Crippen LogP contribution is -2.27. The number of ether oxygens (including phenoxy) is 1. The predicted octanol–water partition coefficient (Wildman–Crippen LogP) is 4.64. The van der Waals surface area contributed by atoms with Gasteiger partial charge in [-0.25, -0.2) is 4.39 Å². The van der Waals surface area contributed by atoms with Crippen LogP contribution in [-0.2, 0) is 10.2 Å². The van der Waals surface area contributed by atoms with Gasteiger partial charge in [-0.05, 0) is 54.8 Å². The third-order valence-corrected chi connectivity index (χ3v) is 4.99. The third-order valence-electron chi connectivity index (χ3n) is 4.75. The van der Waals surface area contributed by atoms with Gasteiger partial charge in [0.25, 0.3) is 0 Å². The van der Waals surface area contributed by atoms with E-state index in [0.29, 0.717) is 22.0 Å². The van der Waals surface area contributed by atoms with Crippen molar-refractivity contribution in [3.05, 3.63) is 59.0 Å². The average molecular weight is 359 g/mol.